The molecule has 1 aromatic carbocycles. The summed E-state index contributed by atoms with van der Waals surface area (Å²) in [5.74, 6) is 0. The Labute approximate surface area is 99.4 Å². The minimum Gasteiger partial charge on any atom is -0.332 e. The van der Waals surface area contributed by atoms with Gasteiger partial charge in [-0.15, -0.1) is 0 Å². The van der Waals surface area contributed by atoms with Gasteiger partial charge < -0.3 is 4.90 Å². The molecule has 2 nitrogen and oxygen atoms in total. The highest BCUT2D eigenvalue weighted by Crippen LogP contribution is 2.17. The molecule has 0 aliphatic rings. The summed E-state index contributed by atoms with van der Waals surface area (Å²) in [6.45, 7) is 6.92. The van der Waals surface area contributed by atoms with Crippen molar-refractivity contribution in [3.8, 4) is 0 Å². The molecule has 0 heterocycles. The summed E-state index contributed by atoms with van der Waals surface area (Å²) in [5, 5.41) is 0. The van der Waals surface area contributed by atoms with Crippen molar-refractivity contribution in [3.63, 3.8) is 0 Å². The van der Waals surface area contributed by atoms with Crippen LogP contribution in [-0.2, 0) is 6.54 Å². The maximum Gasteiger partial charge on any atom is 0.289 e. The minimum atomic E-state index is -0.0832. The number of carbonyl (C=O) groups is 1. The summed E-state index contributed by atoms with van der Waals surface area (Å²) >= 11 is 2.94. The van der Waals surface area contributed by atoms with Gasteiger partial charge in [0.2, 0.25) is 0 Å². The summed E-state index contributed by atoms with van der Waals surface area (Å²) in [4.78, 5) is 12.6. The van der Waals surface area contributed by atoms with Gasteiger partial charge in [0.25, 0.3) is 4.82 Å². The average molecular weight is 270 g/mol. The second-order valence-electron chi connectivity index (χ2n) is 3.97. The van der Waals surface area contributed by atoms with Crippen LogP contribution in [0.5, 0.6) is 0 Å². The lowest BCUT2D eigenvalue weighted by Crippen LogP contribution is -2.20. The van der Waals surface area contributed by atoms with Gasteiger partial charge in [-0.1, -0.05) is 12.1 Å². The van der Waals surface area contributed by atoms with Crippen LogP contribution in [-0.4, -0.2) is 16.8 Å². The van der Waals surface area contributed by atoms with Crippen molar-refractivity contribution in [2.24, 2.45) is 0 Å². The molecule has 1 amide bonds. The van der Waals surface area contributed by atoms with Gasteiger partial charge in [-0.25, -0.2) is 0 Å². The topological polar surface area (TPSA) is 20.3 Å². The van der Waals surface area contributed by atoms with Crippen LogP contribution in [0.1, 0.15) is 22.3 Å². The molecule has 82 valence electrons. The van der Waals surface area contributed by atoms with E-state index in [1.54, 1.807) is 11.9 Å². The fourth-order valence-corrected chi connectivity index (χ4v) is 1.63. The SMILES string of the molecule is Cc1cc(C)c(CN(C)C(=O)Br)cc1C. The van der Waals surface area contributed by atoms with Crippen LogP contribution in [0.3, 0.4) is 0 Å². The normalized spacial score (nSPS) is 10.2. The molecular formula is C12H16BrNO. The number of halogens is 1. The van der Waals surface area contributed by atoms with Gasteiger partial charge in [-0.05, 0) is 43.0 Å². The molecule has 0 radical (unpaired) electrons. The lowest BCUT2D eigenvalue weighted by Gasteiger charge is -2.16. The van der Waals surface area contributed by atoms with Crippen LogP contribution in [0.4, 0.5) is 4.79 Å². The van der Waals surface area contributed by atoms with Gasteiger partial charge in [-0.3, -0.25) is 4.79 Å². The second-order valence-corrected chi connectivity index (χ2v) is 4.65. The van der Waals surface area contributed by atoms with Crippen molar-refractivity contribution in [2.75, 3.05) is 7.05 Å². The fourth-order valence-electron chi connectivity index (χ4n) is 1.51. The molecule has 0 atom stereocenters. The predicted molar refractivity (Wildman–Crippen MR) is 66.4 cm³/mol. The molecule has 0 aliphatic heterocycles. The maximum absolute atomic E-state index is 11.1. The summed E-state index contributed by atoms with van der Waals surface area (Å²) in [6.07, 6.45) is 0. The molecule has 0 bridgehead atoms. The molecule has 0 saturated carbocycles. The fraction of sp³-hybridized carbons (Fsp3) is 0.417. The lowest BCUT2D eigenvalue weighted by molar-refractivity contribution is 0.233. The highest BCUT2D eigenvalue weighted by molar-refractivity contribution is 9.18. The van der Waals surface area contributed by atoms with Gasteiger partial charge in [0.15, 0.2) is 0 Å². The number of benzene rings is 1. The minimum absolute atomic E-state index is 0.0832. The predicted octanol–water partition coefficient (Wildman–Crippen LogP) is 3.56. The number of rotatable bonds is 2. The largest absolute Gasteiger partial charge is 0.332 e. The van der Waals surface area contributed by atoms with Crippen molar-refractivity contribution in [2.45, 2.75) is 27.3 Å². The Morgan fingerprint density at radius 3 is 2.27 bits per heavy atom. The molecule has 15 heavy (non-hydrogen) atoms. The first kappa shape index (κ1) is 12.2. The Hall–Kier alpha value is -0.830. The Morgan fingerprint density at radius 1 is 1.20 bits per heavy atom. The van der Waals surface area contributed by atoms with Gasteiger partial charge >= 0.3 is 0 Å². The molecule has 3 heteroatoms. The van der Waals surface area contributed by atoms with E-state index in [1.165, 1.54) is 22.3 Å². The standard InChI is InChI=1S/C12H16BrNO/c1-8-5-10(3)11(6-9(8)2)7-14(4)12(13)15/h5-6H,7H2,1-4H3. The van der Waals surface area contributed by atoms with Gasteiger partial charge in [0.1, 0.15) is 0 Å². The third-order valence-electron chi connectivity index (χ3n) is 2.66. The maximum atomic E-state index is 11.1. The Bertz CT molecular complexity index is 387. The number of amides is 1. The van der Waals surface area contributed by atoms with Crippen molar-refractivity contribution in [1.29, 1.82) is 0 Å². The van der Waals surface area contributed by atoms with Crippen molar-refractivity contribution >= 4 is 20.7 Å². The molecular weight excluding hydrogens is 254 g/mol. The summed E-state index contributed by atoms with van der Waals surface area (Å²) in [6, 6.07) is 4.31. The van der Waals surface area contributed by atoms with E-state index in [9.17, 15) is 4.79 Å². The van der Waals surface area contributed by atoms with E-state index < -0.39 is 0 Å². The zero-order valence-corrected chi connectivity index (χ0v) is 11.2. The monoisotopic (exact) mass is 269 g/mol. The number of nitrogens with zero attached hydrogens (tertiary/aromatic N) is 1. The number of hydrogen-bond donors (Lipinski definition) is 0. The van der Waals surface area contributed by atoms with E-state index >= 15 is 0 Å². The molecule has 0 spiro atoms. The van der Waals surface area contributed by atoms with E-state index in [0.29, 0.717) is 6.54 Å². The first-order valence-corrected chi connectivity index (χ1v) is 5.68. The summed E-state index contributed by atoms with van der Waals surface area (Å²) < 4.78 is 0. The molecule has 0 fully saturated rings. The molecule has 1 rings (SSSR count). The first-order chi connectivity index (χ1) is 6.91. The highest BCUT2D eigenvalue weighted by Gasteiger charge is 2.08. The molecule has 1 aromatic rings. The Morgan fingerprint density at radius 2 is 1.73 bits per heavy atom. The van der Waals surface area contributed by atoms with Crippen LogP contribution < -0.4 is 0 Å². The van der Waals surface area contributed by atoms with Gasteiger partial charge in [0, 0.05) is 29.5 Å². The van der Waals surface area contributed by atoms with Crippen molar-refractivity contribution in [3.05, 3.63) is 34.4 Å². The third-order valence-corrected chi connectivity index (χ3v) is 3.27. The third kappa shape index (κ3) is 3.06. The Kier molecular flexibility index (Phi) is 3.91. The van der Waals surface area contributed by atoms with Crippen molar-refractivity contribution < 1.29 is 4.79 Å². The van der Waals surface area contributed by atoms with E-state index in [2.05, 4.69) is 48.8 Å². The highest BCUT2D eigenvalue weighted by atomic mass is 79.9. The van der Waals surface area contributed by atoms with Crippen LogP contribution in [0.15, 0.2) is 12.1 Å². The van der Waals surface area contributed by atoms with Gasteiger partial charge in [-0.2, -0.15) is 0 Å². The van der Waals surface area contributed by atoms with Gasteiger partial charge in [0.05, 0.1) is 0 Å². The summed E-state index contributed by atoms with van der Waals surface area (Å²) in [5.41, 5.74) is 5.00. The molecule has 0 unspecified atom stereocenters. The van der Waals surface area contributed by atoms with E-state index in [-0.39, 0.29) is 4.82 Å². The smallest absolute Gasteiger partial charge is 0.289 e. The molecule has 0 N–H and O–H groups in total. The molecule has 0 aliphatic carbocycles. The number of carbonyl (C=O) groups excluding carboxylic acids is 1. The zero-order chi connectivity index (χ0) is 11.6. The van der Waals surface area contributed by atoms with Crippen LogP contribution >= 0.6 is 15.9 Å². The van der Waals surface area contributed by atoms with E-state index in [4.69, 9.17) is 0 Å². The quantitative estimate of drug-likeness (QED) is 0.594. The summed E-state index contributed by atoms with van der Waals surface area (Å²) in [7, 11) is 1.78. The average Bonchev–Trinajstić information content (AvgIpc) is 2.13. The van der Waals surface area contributed by atoms with E-state index in [0.717, 1.165) is 0 Å². The van der Waals surface area contributed by atoms with Crippen LogP contribution in [0, 0.1) is 20.8 Å². The zero-order valence-electron chi connectivity index (χ0n) is 9.60. The number of aryl methyl sites for hydroxylation is 3. The lowest BCUT2D eigenvalue weighted by atomic mass is 10.0. The van der Waals surface area contributed by atoms with Crippen molar-refractivity contribution in [1.82, 2.24) is 4.90 Å². The number of hydrogen-bond acceptors (Lipinski definition) is 1. The Balaban J connectivity index is 2.95. The van der Waals surface area contributed by atoms with E-state index in [1.807, 2.05) is 0 Å². The van der Waals surface area contributed by atoms with Crippen LogP contribution in [0.25, 0.3) is 0 Å². The second kappa shape index (κ2) is 4.79. The van der Waals surface area contributed by atoms with Crippen LogP contribution in [0.2, 0.25) is 0 Å². The molecule has 0 aromatic heterocycles. The molecule has 0 saturated heterocycles. The first-order valence-electron chi connectivity index (χ1n) is 4.89.